The summed E-state index contributed by atoms with van der Waals surface area (Å²) in [6.45, 7) is 0.382. The number of rotatable bonds is 7. The second-order valence-electron chi connectivity index (χ2n) is 7.57. The van der Waals surface area contributed by atoms with Crippen LogP contribution in [-0.4, -0.2) is 29.0 Å². The number of anilines is 1. The van der Waals surface area contributed by atoms with Crippen LogP contribution in [0.15, 0.2) is 88.8 Å². The van der Waals surface area contributed by atoms with Crippen LogP contribution in [0.1, 0.15) is 11.1 Å². The van der Waals surface area contributed by atoms with Crippen molar-refractivity contribution in [1.29, 1.82) is 0 Å². The van der Waals surface area contributed by atoms with Crippen molar-refractivity contribution in [2.45, 2.75) is 13.1 Å². The summed E-state index contributed by atoms with van der Waals surface area (Å²) in [6.07, 6.45) is 1.23. The molecule has 3 aromatic carbocycles. The standard InChI is InChI=1S/C26H21F2N3O3S.BrH/c1-34-22-12-10-21(11-13-22)30-24(32)14-23-25(33)31(16-18-4-8-20(28)9-5-18)26(35-23)29-15-17-2-6-19(27)7-3-17;/h2-14H,15-16H2,1H3,(H,30,32);1H/b23-14-,29-26?;. The van der Waals surface area contributed by atoms with Gasteiger partial charge in [0.25, 0.3) is 5.91 Å². The SMILES string of the molecule is Br.COc1ccc(NC(=O)/C=C2\SC(=NCc3ccc(F)cc3)N(Cc3ccc(F)cc3)C2=O)cc1. The number of hydrogen-bond acceptors (Lipinski definition) is 5. The third-order valence-electron chi connectivity index (χ3n) is 5.07. The lowest BCUT2D eigenvalue weighted by Crippen LogP contribution is -2.29. The van der Waals surface area contributed by atoms with E-state index in [1.807, 2.05) is 0 Å². The number of amidine groups is 1. The van der Waals surface area contributed by atoms with Crippen molar-refractivity contribution < 1.29 is 23.1 Å². The summed E-state index contributed by atoms with van der Waals surface area (Å²) in [6, 6.07) is 18.5. The predicted octanol–water partition coefficient (Wildman–Crippen LogP) is 5.71. The molecule has 1 aliphatic heterocycles. The number of halogens is 3. The fourth-order valence-corrected chi connectivity index (χ4v) is 4.21. The Morgan fingerprint density at radius 3 is 2.14 bits per heavy atom. The van der Waals surface area contributed by atoms with Crippen molar-refractivity contribution in [3.63, 3.8) is 0 Å². The quantitative estimate of drug-likeness (QED) is 0.368. The Labute approximate surface area is 221 Å². The number of methoxy groups -OCH3 is 1. The van der Waals surface area contributed by atoms with E-state index in [1.54, 1.807) is 55.6 Å². The lowest BCUT2D eigenvalue weighted by Gasteiger charge is -2.15. The summed E-state index contributed by atoms with van der Waals surface area (Å²) in [5.41, 5.74) is 2.03. The van der Waals surface area contributed by atoms with E-state index in [9.17, 15) is 18.4 Å². The van der Waals surface area contributed by atoms with E-state index in [1.165, 1.54) is 35.2 Å². The van der Waals surface area contributed by atoms with E-state index in [0.717, 1.165) is 17.3 Å². The number of hydrogen-bond donors (Lipinski definition) is 1. The zero-order valence-electron chi connectivity index (χ0n) is 19.1. The Morgan fingerprint density at radius 1 is 0.972 bits per heavy atom. The molecule has 0 saturated carbocycles. The highest BCUT2D eigenvalue weighted by Gasteiger charge is 2.34. The fraction of sp³-hybridized carbons (Fsp3) is 0.115. The summed E-state index contributed by atoms with van der Waals surface area (Å²) >= 11 is 1.08. The number of amides is 2. The molecule has 3 aromatic rings. The van der Waals surface area contributed by atoms with Gasteiger partial charge in [0.05, 0.1) is 25.1 Å². The molecule has 0 unspecified atom stereocenters. The molecule has 1 heterocycles. The summed E-state index contributed by atoms with van der Waals surface area (Å²) < 4.78 is 31.6. The second kappa shape index (κ2) is 12.5. The topological polar surface area (TPSA) is 71.0 Å². The molecule has 0 spiro atoms. The van der Waals surface area contributed by atoms with Gasteiger partial charge < -0.3 is 10.1 Å². The first-order valence-corrected chi connectivity index (χ1v) is 11.4. The van der Waals surface area contributed by atoms with Gasteiger partial charge in [0, 0.05) is 11.8 Å². The largest absolute Gasteiger partial charge is 0.497 e. The fourth-order valence-electron chi connectivity index (χ4n) is 3.26. The Bertz CT molecular complexity index is 1280. The molecule has 36 heavy (non-hydrogen) atoms. The van der Waals surface area contributed by atoms with Crippen LogP contribution in [0.2, 0.25) is 0 Å². The first kappa shape index (κ1) is 27.1. The summed E-state index contributed by atoms with van der Waals surface area (Å²) in [4.78, 5) is 31.9. The van der Waals surface area contributed by atoms with E-state index in [2.05, 4.69) is 10.3 Å². The minimum absolute atomic E-state index is 0. The first-order valence-electron chi connectivity index (χ1n) is 10.6. The zero-order chi connectivity index (χ0) is 24.8. The van der Waals surface area contributed by atoms with Gasteiger partial charge in [-0.1, -0.05) is 24.3 Å². The maximum absolute atomic E-state index is 13.3. The molecular weight excluding hydrogens is 552 g/mol. The highest BCUT2D eigenvalue weighted by atomic mass is 79.9. The Morgan fingerprint density at radius 2 is 1.56 bits per heavy atom. The van der Waals surface area contributed by atoms with Crippen molar-refractivity contribution >= 4 is 51.4 Å². The molecule has 1 saturated heterocycles. The van der Waals surface area contributed by atoms with Crippen LogP contribution < -0.4 is 10.1 Å². The highest BCUT2D eigenvalue weighted by molar-refractivity contribution is 8.93. The number of thioether (sulfide) groups is 1. The van der Waals surface area contributed by atoms with Gasteiger partial charge in [-0.05, 0) is 71.4 Å². The molecule has 10 heteroatoms. The van der Waals surface area contributed by atoms with E-state index in [-0.39, 0.29) is 52.5 Å². The zero-order valence-corrected chi connectivity index (χ0v) is 21.6. The summed E-state index contributed by atoms with van der Waals surface area (Å²) in [5, 5.41) is 3.11. The van der Waals surface area contributed by atoms with Crippen LogP contribution in [0.3, 0.4) is 0 Å². The molecule has 6 nitrogen and oxygen atoms in total. The monoisotopic (exact) mass is 573 g/mol. The first-order chi connectivity index (χ1) is 16.9. The Kier molecular flexibility index (Phi) is 9.38. The second-order valence-corrected chi connectivity index (χ2v) is 8.58. The van der Waals surface area contributed by atoms with Gasteiger partial charge in [-0.25, -0.2) is 8.78 Å². The number of carbonyl (C=O) groups is 2. The molecule has 0 aliphatic carbocycles. The molecule has 0 aromatic heterocycles. The average Bonchev–Trinajstić information content (AvgIpc) is 3.14. The van der Waals surface area contributed by atoms with E-state index in [0.29, 0.717) is 22.2 Å². The lowest BCUT2D eigenvalue weighted by molar-refractivity contribution is -0.123. The molecule has 4 rings (SSSR count). The smallest absolute Gasteiger partial charge is 0.267 e. The van der Waals surface area contributed by atoms with Gasteiger partial charge >= 0.3 is 0 Å². The number of aliphatic imine (C=N–C) groups is 1. The van der Waals surface area contributed by atoms with Crippen molar-refractivity contribution in [3.05, 3.63) is 107 Å². The molecule has 1 aliphatic rings. The average molecular weight is 574 g/mol. The number of nitrogens with zero attached hydrogens (tertiary/aromatic N) is 2. The van der Waals surface area contributed by atoms with E-state index in [4.69, 9.17) is 4.74 Å². The summed E-state index contributed by atoms with van der Waals surface area (Å²) in [5.74, 6) is -0.925. The van der Waals surface area contributed by atoms with Gasteiger partial charge in [-0.3, -0.25) is 19.5 Å². The van der Waals surface area contributed by atoms with Gasteiger partial charge in [-0.2, -0.15) is 0 Å². The lowest BCUT2D eigenvalue weighted by atomic mass is 10.2. The van der Waals surface area contributed by atoms with Crippen LogP contribution >= 0.6 is 28.7 Å². The Balaban J connectivity index is 0.00000361. The van der Waals surface area contributed by atoms with E-state index >= 15 is 0 Å². The molecule has 2 amide bonds. The minimum Gasteiger partial charge on any atom is -0.497 e. The molecular formula is C26H22BrF2N3O3S. The highest BCUT2D eigenvalue weighted by Crippen LogP contribution is 2.32. The molecule has 0 radical (unpaired) electrons. The van der Waals surface area contributed by atoms with Crippen molar-refractivity contribution in [2.24, 2.45) is 4.99 Å². The van der Waals surface area contributed by atoms with Crippen LogP contribution in [0.4, 0.5) is 14.5 Å². The Hall–Kier alpha value is -3.50. The van der Waals surface area contributed by atoms with Gasteiger partial charge in [0.1, 0.15) is 17.4 Å². The van der Waals surface area contributed by atoms with Crippen LogP contribution in [-0.2, 0) is 22.7 Å². The van der Waals surface area contributed by atoms with Crippen LogP contribution in [0.5, 0.6) is 5.75 Å². The maximum Gasteiger partial charge on any atom is 0.267 e. The molecule has 0 atom stereocenters. The predicted molar refractivity (Wildman–Crippen MR) is 142 cm³/mol. The number of carbonyl (C=O) groups excluding carboxylic acids is 2. The van der Waals surface area contributed by atoms with Gasteiger partial charge in [0.15, 0.2) is 5.17 Å². The molecule has 0 bridgehead atoms. The minimum atomic E-state index is -0.465. The normalized spacial score (nSPS) is 15.2. The van der Waals surface area contributed by atoms with E-state index < -0.39 is 5.91 Å². The maximum atomic E-state index is 13.3. The molecule has 1 N–H and O–H groups in total. The summed E-state index contributed by atoms with van der Waals surface area (Å²) in [7, 11) is 1.55. The third-order valence-corrected chi connectivity index (χ3v) is 6.12. The van der Waals surface area contributed by atoms with Crippen LogP contribution in [0.25, 0.3) is 0 Å². The van der Waals surface area contributed by atoms with Gasteiger partial charge in [0.2, 0.25) is 5.91 Å². The van der Waals surface area contributed by atoms with Crippen molar-refractivity contribution in [1.82, 2.24) is 4.90 Å². The molecule has 1 fully saturated rings. The van der Waals surface area contributed by atoms with Gasteiger partial charge in [-0.15, -0.1) is 17.0 Å². The number of nitrogens with one attached hydrogen (secondary N) is 1. The van der Waals surface area contributed by atoms with Crippen molar-refractivity contribution in [3.8, 4) is 5.75 Å². The number of benzene rings is 3. The van der Waals surface area contributed by atoms with Crippen molar-refractivity contribution in [2.75, 3.05) is 12.4 Å². The third kappa shape index (κ3) is 7.02. The van der Waals surface area contributed by atoms with Crippen LogP contribution in [0, 0.1) is 11.6 Å². The molecule has 186 valence electrons. The number of ether oxygens (including phenoxy) is 1.